The van der Waals surface area contributed by atoms with Gasteiger partial charge in [0.25, 0.3) is 0 Å². The van der Waals surface area contributed by atoms with Crippen LogP contribution < -0.4 is 0 Å². The predicted molar refractivity (Wildman–Crippen MR) is 238 cm³/mol. The molecule has 1 heteroatoms. The Morgan fingerprint density at radius 2 is 0.911 bits per heavy atom. The van der Waals surface area contributed by atoms with Crippen molar-refractivity contribution in [3.05, 3.63) is 193 Å². The van der Waals surface area contributed by atoms with Gasteiger partial charge in [0.1, 0.15) is 11.2 Å². The number of hydrogen-bond acceptors (Lipinski definition) is 1. The van der Waals surface area contributed by atoms with Gasteiger partial charge < -0.3 is 4.42 Å². The fraction of sp³-hybridized carbons (Fsp3) is 0.0545. The minimum Gasteiger partial charge on any atom is -0.455 e. The van der Waals surface area contributed by atoms with Crippen LogP contribution >= 0.6 is 0 Å². The molecule has 1 nitrogen and oxygen atoms in total. The summed E-state index contributed by atoms with van der Waals surface area (Å²) in [4.78, 5) is 0. The molecule has 0 bridgehead atoms. The van der Waals surface area contributed by atoms with Crippen LogP contribution in [0, 0.1) is 0 Å². The standard InChI is InChI=1S/C55H36O/c1-55(2)49-29-25-35(30-46(49)47-31-48-45-26-24-34-16-6-7-17-37(34)54(45)56-51(48)32-50(47)55)52-40-20-10-12-22-42(40)53(43-23-13-11-21-41(43)52)44-28-27-36(33-14-4-3-5-15-33)38-18-8-9-19-39(38)44/h3-32H,1-2H3. The second kappa shape index (κ2) is 11.5. The normalized spacial score (nSPS) is 13.3. The molecule has 56 heavy (non-hydrogen) atoms. The zero-order valence-electron chi connectivity index (χ0n) is 31.2. The van der Waals surface area contributed by atoms with Gasteiger partial charge in [0.15, 0.2) is 0 Å². The molecular weight excluding hydrogens is 677 g/mol. The van der Waals surface area contributed by atoms with Crippen molar-refractivity contribution in [3.63, 3.8) is 0 Å². The Kier molecular flexibility index (Phi) is 6.46. The van der Waals surface area contributed by atoms with Gasteiger partial charge in [-0.1, -0.05) is 172 Å². The molecule has 1 aliphatic carbocycles. The molecule has 1 heterocycles. The Morgan fingerprint density at radius 1 is 0.339 bits per heavy atom. The summed E-state index contributed by atoms with van der Waals surface area (Å²) in [5.74, 6) is 0. The van der Waals surface area contributed by atoms with E-state index in [4.69, 9.17) is 4.42 Å². The lowest BCUT2D eigenvalue weighted by Gasteiger charge is -2.22. The van der Waals surface area contributed by atoms with Crippen LogP contribution in [0.15, 0.2) is 186 Å². The third kappa shape index (κ3) is 4.31. The maximum Gasteiger partial charge on any atom is 0.143 e. The maximum absolute atomic E-state index is 6.68. The molecule has 0 fully saturated rings. The predicted octanol–water partition coefficient (Wildman–Crippen LogP) is 15.5. The van der Waals surface area contributed by atoms with Crippen molar-refractivity contribution in [1.82, 2.24) is 0 Å². The average Bonchev–Trinajstić information content (AvgIpc) is 3.73. The Labute approximate surface area is 325 Å². The largest absolute Gasteiger partial charge is 0.455 e. The van der Waals surface area contributed by atoms with Crippen LogP contribution in [0.5, 0.6) is 0 Å². The second-order valence-corrected chi connectivity index (χ2v) is 16.0. The van der Waals surface area contributed by atoms with Gasteiger partial charge in [-0.05, 0) is 118 Å². The fourth-order valence-corrected chi connectivity index (χ4v) is 10.0. The van der Waals surface area contributed by atoms with Gasteiger partial charge in [0.05, 0.1) is 0 Å². The third-order valence-electron chi connectivity index (χ3n) is 12.7. The Morgan fingerprint density at radius 3 is 1.62 bits per heavy atom. The van der Waals surface area contributed by atoms with Crippen LogP contribution in [0.25, 0.3) is 110 Å². The van der Waals surface area contributed by atoms with Crippen molar-refractivity contribution in [2.45, 2.75) is 19.3 Å². The van der Waals surface area contributed by atoms with E-state index < -0.39 is 0 Å². The van der Waals surface area contributed by atoms with E-state index in [1.165, 1.54) is 104 Å². The fourth-order valence-electron chi connectivity index (χ4n) is 10.0. The van der Waals surface area contributed by atoms with E-state index in [9.17, 15) is 0 Å². The van der Waals surface area contributed by atoms with Crippen molar-refractivity contribution in [2.75, 3.05) is 0 Å². The van der Waals surface area contributed by atoms with Gasteiger partial charge in [-0.3, -0.25) is 0 Å². The monoisotopic (exact) mass is 712 g/mol. The molecule has 0 saturated heterocycles. The van der Waals surface area contributed by atoms with Gasteiger partial charge >= 0.3 is 0 Å². The number of furan rings is 1. The minimum atomic E-state index is -0.167. The Balaban J connectivity index is 1.10. The van der Waals surface area contributed by atoms with E-state index in [0.29, 0.717) is 0 Å². The third-order valence-corrected chi connectivity index (χ3v) is 12.7. The molecule has 10 aromatic carbocycles. The number of rotatable bonds is 3. The molecule has 0 N–H and O–H groups in total. The summed E-state index contributed by atoms with van der Waals surface area (Å²) in [6.45, 7) is 4.71. The van der Waals surface area contributed by atoms with Crippen LogP contribution in [0.4, 0.5) is 0 Å². The highest BCUT2D eigenvalue weighted by atomic mass is 16.3. The molecule has 11 aromatic rings. The maximum atomic E-state index is 6.68. The zero-order valence-corrected chi connectivity index (χ0v) is 31.2. The smallest absolute Gasteiger partial charge is 0.143 e. The van der Waals surface area contributed by atoms with Crippen molar-refractivity contribution in [1.29, 1.82) is 0 Å². The lowest BCUT2D eigenvalue weighted by molar-refractivity contribution is 0.648. The molecule has 0 saturated carbocycles. The molecule has 0 unspecified atom stereocenters. The minimum absolute atomic E-state index is 0.167. The molecule has 0 atom stereocenters. The lowest BCUT2D eigenvalue weighted by Crippen LogP contribution is -2.14. The molecule has 1 aliphatic rings. The first-order valence-corrected chi connectivity index (χ1v) is 19.6. The molecular formula is C55H36O. The van der Waals surface area contributed by atoms with E-state index in [1.54, 1.807) is 0 Å². The first-order valence-electron chi connectivity index (χ1n) is 19.6. The van der Waals surface area contributed by atoms with Crippen molar-refractivity contribution in [2.24, 2.45) is 0 Å². The van der Waals surface area contributed by atoms with Gasteiger partial charge in [0, 0.05) is 21.6 Å². The van der Waals surface area contributed by atoms with Gasteiger partial charge in [-0.2, -0.15) is 0 Å². The highest BCUT2D eigenvalue weighted by Gasteiger charge is 2.37. The first kappa shape index (κ1) is 31.4. The van der Waals surface area contributed by atoms with E-state index in [2.05, 4.69) is 196 Å². The van der Waals surface area contributed by atoms with Crippen LogP contribution in [-0.4, -0.2) is 0 Å². The quantitative estimate of drug-likeness (QED) is 0.166. The van der Waals surface area contributed by atoms with Crippen molar-refractivity contribution < 1.29 is 4.42 Å². The summed E-state index contributed by atoms with van der Waals surface area (Å²) in [7, 11) is 0. The summed E-state index contributed by atoms with van der Waals surface area (Å²) in [5, 5.41) is 12.3. The molecule has 0 amide bonds. The van der Waals surface area contributed by atoms with E-state index in [1.807, 2.05) is 0 Å². The molecule has 262 valence electrons. The highest BCUT2D eigenvalue weighted by Crippen LogP contribution is 2.53. The summed E-state index contributed by atoms with van der Waals surface area (Å²) in [6, 6.07) is 67.2. The second-order valence-electron chi connectivity index (χ2n) is 16.0. The average molecular weight is 713 g/mol. The van der Waals surface area contributed by atoms with Gasteiger partial charge in [-0.25, -0.2) is 0 Å². The summed E-state index contributed by atoms with van der Waals surface area (Å²) < 4.78 is 6.68. The molecule has 12 rings (SSSR count). The summed E-state index contributed by atoms with van der Waals surface area (Å²) in [6.07, 6.45) is 0. The van der Waals surface area contributed by atoms with Crippen LogP contribution in [0.3, 0.4) is 0 Å². The Bertz CT molecular complexity index is 3380. The number of benzene rings is 10. The SMILES string of the molecule is CC1(C)c2ccc(-c3c4ccccc4c(-c4ccc(-c5ccccc5)c5ccccc45)c4ccccc34)cc2-c2cc3c(cc21)oc1c2ccccc2ccc31. The van der Waals surface area contributed by atoms with E-state index in [-0.39, 0.29) is 5.41 Å². The Hall–Kier alpha value is -6.96. The van der Waals surface area contributed by atoms with E-state index >= 15 is 0 Å². The number of hydrogen-bond donors (Lipinski definition) is 0. The lowest BCUT2D eigenvalue weighted by atomic mass is 9.81. The molecule has 0 radical (unpaired) electrons. The summed E-state index contributed by atoms with van der Waals surface area (Å²) in [5.41, 5.74) is 14.6. The van der Waals surface area contributed by atoms with Crippen LogP contribution in [-0.2, 0) is 5.41 Å². The van der Waals surface area contributed by atoms with Crippen LogP contribution in [0.1, 0.15) is 25.0 Å². The van der Waals surface area contributed by atoms with Crippen LogP contribution in [0.2, 0.25) is 0 Å². The number of fused-ring (bicyclic) bond motifs is 11. The molecule has 0 spiro atoms. The highest BCUT2D eigenvalue weighted by molar-refractivity contribution is 6.24. The van der Waals surface area contributed by atoms with Crippen molar-refractivity contribution in [3.8, 4) is 44.5 Å². The van der Waals surface area contributed by atoms with Crippen molar-refractivity contribution >= 4 is 65.0 Å². The first-order chi connectivity index (χ1) is 27.5. The van der Waals surface area contributed by atoms with Gasteiger partial charge in [-0.15, -0.1) is 0 Å². The summed E-state index contributed by atoms with van der Waals surface area (Å²) >= 11 is 0. The zero-order chi connectivity index (χ0) is 37.1. The topological polar surface area (TPSA) is 13.1 Å². The molecule has 1 aromatic heterocycles. The van der Waals surface area contributed by atoms with E-state index in [0.717, 1.165) is 16.6 Å². The molecule has 0 aliphatic heterocycles. The van der Waals surface area contributed by atoms with Gasteiger partial charge in [0.2, 0.25) is 0 Å².